The Bertz CT molecular complexity index is 1100. The van der Waals surface area contributed by atoms with E-state index in [0.29, 0.717) is 10.3 Å². The highest BCUT2D eigenvalue weighted by molar-refractivity contribution is 7.20. The van der Waals surface area contributed by atoms with Crippen LogP contribution in [0.5, 0.6) is 5.75 Å². The molecule has 0 fully saturated rings. The number of hydrogen-bond acceptors (Lipinski definition) is 3. The van der Waals surface area contributed by atoms with E-state index >= 15 is 0 Å². The van der Waals surface area contributed by atoms with Crippen molar-refractivity contribution in [2.45, 2.75) is 26.6 Å². The number of carbonyl (C=O) groups is 1. The monoisotopic (exact) mass is 418 g/mol. The first-order chi connectivity index (χ1) is 13.6. The zero-order valence-corrected chi connectivity index (χ0v) is 16.4. The van der Waals surface area contributed by atoms with Gasteiger partial charge in [-0.2, -0.15) is 13.2 Å². The summed E-state index contributed by atoms with van der Waals surface area (Å²) in [6, 6.07) is 9.60. The van der Waals surface area contributed by atoms with Crippen LogP contribution < -0.4 is 4.74 Å². The molecule has 0 aliphatic heterocycles. The summed E-state index contributed by atoms with van der Waals surface area (Å²) in [7, 11) is 0. The van der Waals surface area contributed by atoms with Gasteiger partial charge in [0.25, 0.3) is 0 Å². The van der Waals surface area contributed by atoms with Crippen LogP contribution in [0.1, 0.15) is 40.2 Å². The van der Waals surface area contributed by atoms with E-state index in [-0.39, 0.29) is 23.8 Å². The highest BCUT2D eigenvalue weighted by Gasteiger charge is 2.30. The highest BCUT2D eigenvalue weighted by Crippen LogP contribution is 2.37. The second-order valence-electron chi connectivity index (χ2n) is 6.68. The summed E-state index contributed by atoms with van der Waals surface area (Å²) in [4.78, 5) is 12.4. The Kier molecular flexibility index (Phi) is 5.85. The Morgan fingerprint density at radius 3 is 2.45 bits per heavy atom. The van der Waals surface area contributed by atoms with E-state index in [4.69, 9.17) is 4.74 Å². The number of alkyl halides is 3. The molecule has 3 aromatic rings. The third kappa shape index (κ3) is 4.90. The lowest BCUT2D eigenvalue weighted by atomic mass is 10.1. The van der Waals surface area contributed by atoms with Gasteiger partial charge in [-0.1, -0.05) is 43.9 Å². The maximum Gasteiger partial charge on any atom is 0.416 e. The van der Waals surface area contributed by atoms with Crippen LogP contribution in [0, 0.1) is 17.8 Å². The van der Waals surface area contributed by atoms with Crippen molar-refractivity contribution in [3.8, 4) is 17.6 Å². The van der Waals surface area contributed by atoms with Gasteiger partial charge in [0, 0.05) is 5.92 Å². The second-order valence-corrected chi connectivity index (χ2v) is 7.74. The predicted octanol–water partition coefficient (Wildman–Crippen LogP) is 6.20. The van der Waals surface area contributed by atoms with Crippen molar-refractivity contribution in [2.75, 3.05) is 0 Å². The number of benzene rings is 2. The zero-order chi connectivity index (χ0) is 21.2. The maximum atomic E-state index is 12.7. The predicted molar refractivity (Wildman–Crippen MR) is 106 cm³/mol. The fourth-order valence-electron chi connectivity index (χ4n) is 2.61. The summed E-state index contributed by atoms with van der Waals surface area (Å²) in [5.41, 5.74) is -0.251. The molecule has 1 aromatic heterocycles. The number of fused-ring (bicyclic) bond motifs is 1. The minimum absolute atomic E-state index is 0.00497. The Labute approximate surface area is 169 Å². The van der Waals surface area contributed by atoms with Crippen molar-refractivity contribution in [3.63, 3.8) is 0 Å². The van der Waals surface area contributed by atoms with E-state index in [2.05, 4.69) is 11.8 Å². The minimum Gasteiger partial charge on any atom is -0.486 e. The minimum atomic E-state index is -4.41. The van der Waals surface area contributed by atoms with Crippen molar-refractivity contribution in [3.05, 3.63) is 64.0 Å². The van der Waals surface area contributed by atoms with Gasteiger partial charge in [-0.05, 0) is 35.2 Å². The van der Waals surface area contributed by atoms with Crippen molar-refractivity contribution in [2.24, 2.45) is 5.92 Å². The van der Waals surface area contributed by atoms with Gasteiger partial charge < -0.3 is 9.84 Å². The van der Waals surface area contributed by atoms with Gasteiger partial charge >= 0.3 is 12.1 Å². The molecule has 2 aromatic carbocycles. The summed E-state index contributed by atoms with van der Waals surface area (Å²) < 4.78 is 44.5. The lowest BCUT2D eigenvalue weighted by Gasteiger charge is -2.11. The van der Waals surface area contributed by atoms with Gasteiger partial charge in [-0.3, -0.25) is 0 Å². The first-order valence-electron chi connectivity index (χ1n) is 8.75. The van der Waals surface area contributed by atoms with Crippen LogP contribution >= 0.6 is 11.3 Å². The first-order valence-corrected chi connectivity index (χ1v) is 9.57. The molecule has 0 saturated carbocycles. The fraction of sp³-hybridized carbons (Fsp3) is 0.227. The normalized spacial score (nSPS) is 11.4. The molecule has 0 unspecified atom stereocenters. The molecule has 0 spiro atoms. The quantitative estimate of drug-likeness (QED) is 0.513. The van der Waals surface area contributed by atoms with Crippen molar-refractivity contribution >= 4 is 27.4 Å². The van der Waals surface area contributed by atoms with Crippen LogP contribution in [0.2, 0.25) is 0 Å². The third-order valence-electron chi connectivity index (χ3n) is 4.02. The number of halogens is 3. The molecule has 0 saturated heterocycles. The first kappa shape index (κ1) is 20.7. The van der Waals surface area contributed by atoms with Gasteiger partial charge in [0.05, 0.1) is 15.1 Å². The average Bonchev–Trinajstić information content (AvgIpc) is 3.07. The fourth-order valence-corrected chi connectivity index (χ4v) is 3.63. The molecule has 1 heterocycles. The molecule has 0 radical (unpaired) electrons. The van der Waals surface area contributed by atoms with Crippen LogP contribution in [-0.4, -0.2) is 11.1 Å². The molecule has 7 heteroatoms. The molecule has 0 aliphatic rings. The van der Waals surface area contributed by atoms with E-state index in [1.807, 2.05) is 19.9 Å². The Hall–Kier alpha value is -2.98. The van der Waals surface area contributed by atoms with Crippen LogP contribution in [0.15, 0.2) is 42.5 Å². The van der Waals surface area contributed by atoms with E-state index in [0.717, 1.165) is 22.4 Å². The number of hydrogen-bond donors (Lipinski definition) is 1. The lowest BCUT2D eigenvalue weighted by Crippen LogP contribution is -2.06. The van der Waals surface area contributed by atoms with Gasteiger partial charge in [-0.15, -0.1) is 11.3 Å². The van der Waals surface area contributed by atoms with Crippen molar-refractivity contribution in [1.29, 1.82) is 0 Å². The van der Waals surface area contributed by atoms with E-state index in [1.165, 1.54) is 29.5 Å². The molecular formula is C22H17F3O3S. The topological polar surface area (TPSA) is 46.5 Å². The standard InChI is InChI=1S/C22H17F3O3S/c1-13(2)3-9-17-11-15-6-10-18(21(26)27)19(20(15)29-17)28-12-14-4-7-16(8-5-14)22(23,24)25/h4-8,10-11,13H,12H2,1-2H3,(H,26,27). The highest BCUT2D eigenvalue weighted by atomic mass is 32.1. The average molecular weight is 418 g/mol. The van der Waals surface area contributed by atoms with Crippen LogP contribution in [0.3, 0.4) is 0 Å². The Morgan fingerprint density at radius 2 is 1.86 bits per heavy atom. The van der Waals surface area contributed by atoms with Gasteiger partial charge in [0.2, 0.25) is 0 Å². The second kappa shape index (κ2) is 8.18. The molecule has 0 bridgehead atoms. The van der Waals surface area contributed by atoms with E-state index in [1.54, 1.807) is 6.07 Å². The van der Waals surface area contributed by atoms with E-state index < -0.39 is 17.7 Å². The molecule has 29 heavy (non-hydrogen) atoms. The Morgan fingerprint density at radius 1 is 1.17 bits per heavy atom. The molecule has 0 aliphatic carbocycles. The summed E-state index contributed by atoms with van der Waals surface area (Å²) >= 11 is 1.33. The summed E-state index contributed by atoms with van der Waals surface area (Å²) in [5.74, 6) is 5.38. The van der Waals surface area contributed by atoms with Gasteiger partial charge in [-0.25, -0.2) is 4.79 Å². The number of aromatic carboxylic acids is 1. The summed E-state index contributed by atoms with van der Waals surface area (Å²) in [6.45, 7) is 3.89. The molecule has 0 atom stereocenters. The number of carboxylic acid groups (broad SMARTS) is 1. The lowest BCUT2D eigenvalue weighted by molar-refractivity contribution is -0.137. The number of thiophene rings is 1. The smallest absolute Gasteiger partial charge is 0.416 e. The molecular weight excluding hydrogens is 401 g/mol. The summed E-state index contributed by atoms with van der Waals surface area (Å²) in [5, 5.41) is 10.3. The van der Waals surface area contributed by atoms with Crippen molar-refractivity contribution < 1.29 is 27.8 Å². The maximum absolute atomic E-state index is 12.7. The van der Waals surface area contributed by atoms with Crippen LogP contribution in [0.4, 0.5) is 13.2 Å². The van der Waals surface area contributed by atoms with Crippen LogP contribution in [0.25, 0.3) is 10.1 Å². The third-order valence-corrected chi connectivity index (χ3v) is 5.09. The molecule has 1 N–H and O–H groups in total. The molecule has 0 amide bonds. The molecule has 3 nitrogen and oxygen atoms in total. The SMILES string of the molecule is CC(C)C#Cc1cc2ccc(C(=O)O)c(OCc3ccc(C(F)(F)F)cc3)c2s1. The Balaban J connectivity index is 1.93. The van der Waals surface area contributed by atoms with E-state index in [9.17, 15) is 23.1 Å². The van der Waals surface area contributed by atoms with Gasteiger partial charge in [0.1, 0.15) is 12.2 Å². The number of ether oxygens (including phenoxy) is 1. The molecule has 3 rings (SSSR count). The summed E-state index contributed by atoms with van der Waals surface area (Å²) in [6.07, 6.45) is -4.41. The number of rotatable bonds is 4. The largest absolute Gasteiger partial charge is 0.486 e. The molecule has 150 valence electrons. The van der Waals surface area contributed by atoms with Gasteiger partial charge in [0.15, 0.2) is 5.75 Å². The van der Waals surface area contributed by atoms with Crippen LogP contribution in [-0.2, 0) is 12.8 Å². The number of carboxylic acids is 1. The zero-order valence-electron chi connectivity index (χ0n) is 15.6. The van der Waals surface area contributed by atoms with Crippen molar-refractivity contribution in [1.82, 2.24) is 0 Å².